The smallest absolute Gasteiger partial charge is 0.137 e. The first-order chi connectivity index (χ1) is 10.3. The van der Waals surface area contributed by atoms with Crippen molar-refractivity contribution in [3.63, 3.8) is 0 Å². The van der Waals surface area contributed by atoms with Crippen LogP contribution >= 0.6 is 0 Å². The summed E-state index contributed by atoms with van der Waals surface area (Å²) in [6.45, 7) is 8.79. The molecule has 1 aliphatic rings. The molecule has 0 aliphatic carbocycles. The van der Waals surface area contributed by atoms with E-state index in [2.05, 4.69) is 41.0 Å². The van der Waals surface area contributed by atoms with Crippen molar-refractivity contribution >= 4 is 11.6 Å². The Bertz CT molecular complexity index is 433. The first-order valence-electron chi connectivity index (χ1n) is 8.66. The number of nitrogens with zero attached hydrogens (tertiary/aromatic N) is 3. The summed E-state index contributed by atoms with van der Waals surface area (Å²) in [7, 11) is 0. The van der Waals surface area contributed by atoms with Gasteiger partial charge in [-0.25, -0.2) is 9.97 Å². The van der Waals surface area contributed by atoms with Gasteiger partial charge in [-0.05, 0) is 32.1 Å². The van der Waals surface area contributed by atoms with Crippen molar-refractivity contribution in [2.75, 3.05) is 23.3 Å². The average Bonchev–Trinajstić information content (AvgIpc) is 2.77. The lowest BCUT2D eigenvalue weighted by atomic mass is 10.1. The summed E-state index contributed by atoms with van der Waals surface area (Å²) in [5.41, 5.74) is 1.28. The molecule has 1 saturated heterocycles. The molecule has 1 aromatic heterocycles. The van der Waals surface area contributed by atoms with Gasteiger partial charge in [0.1, 0.15) is 18.0 Å². The zero-order chi connectivity index (χ0) is 15.1. The topological polar surface area (TPSA) is 41.1 Å². The van der Waals surface area contributed by atoms with Crippen molar-refractivity contribution in [1.82, 2.24) is 9.97 Å². The van der Waals surface area contributed by atoms with E-state index in [4.69, 9.17) is 0 Å². The second kappa shape index (κ2) is 8.20. The predicted octanol–water partition coefficient (Wildman–Crippen LogP) is 4.02. The van der Waals surface area contributed by atoms with Gasteiger partial charge in [0.25, 0.3) is 0 Å². The van der Waals surface area contributed by atoms with Crippen LogP contribution in [-0.2, 0) is 6.42 Å². The fourth-order valence-electron chi connectivity index (χ4n) is 3.25. The maximum absolute atomic E-state index is 4.66. The van der Waals surface area contributed by atoms with Gasteiger partial charge >= 0.3 is 0 Å². The monoisotopic (exact) mass is 290 g/mol. The lowest BCUT2D eigenvalue weighted by Gasteiger charge is -2.32. The standard InChI is InChI=1S/C17H30N4/c1-4-11-18-16-15(6-3)17(20-13-19-16)21-12-9-7-8-10-14(21)5-2/h13-14H,4-12H2,1-3H3,(H,18,19,20). The molecule has 1 N–H and O–H groups in total. The molecular formula is C17H30N4. The maximum Gasteiger partial charge on any atom is 0.137 e. The van der Waals surface area contributed by atoms with Crippen LogP contribution in [-0.4, -0.2) is 29.1 Å². The van der Waals surface area contributed by atoms with Gasteiger partial charge in [-0.1, -0.05) is 33.6 Å². The van der Waals surface area contributed by atoms with Crippen LogP contribution in [0.4, 0.5) is 11.6 Å². The van der Waals surface area contributed by atoms with Crippen molar-refractivity contribution in [3.8, 4) is 0 Å². The minimum atomic E-state index is 0.631. The van der Waals surface area contributed by atoms with Crippen LogP contribution in [0.3, 0.4) is 0 Å². The third-order valence-electron chi connectivity index (χ3n) is 4.44. The summed E-state index contributed by atoms with van der Waals surface area (Å²) in [6, 6.07) is 0.631. The molecule has 1 aromatic rings. The van der Waals surface area contributed by atoms with E-state index >= 15 is 0 Å². The summed E-state index contributed by atoms with van der Waals surface area (Å²) >= 11 is 0. The normalized spacial score (nSPS) is 19.4. The molecule has 1 atom stereocenters. The van der Waals surface area contributed by atoms with Crippen LogP contribution in [0.1, 0.15) is 64.9 Å². The van der Waals surface area contributed by atoms with E-state index in [1.54, 1.807) is 6.33 Å². The van der Waals surface area contributed by atoms with Gasteiger partial charge in [0, 0.05) is 24.7 Å². The first kappa shape index (κ1) is 16.1. The molecule has 0 saturated carbocycles. The minimum Gasteiger partial charge on any atom is -0.370 e. The van der Waals surface area contributed by atoms with E-state index in [-0.39, 0.29) is 0 Å². The van der Waals surface area contributed by atoms with E-state index in [1.807, 2.05) is 0 Å². The highest BCUT2D eigenvalue weighted by molar-refractivity contribution is 5.59. The largest absolute Gasteiger partial charge is 0.370 e. The minimum absolute atomic E-state index is 0.631. The predicted molar refractivity (Wildman–Crippen MR) is 90.1 cm³/mol. The SMILES string of the molecule is CCCNc1ncnc(N2CCCCCC2CC)c1CC. The quantitative estimate of drug-likeness (QED) is 0.859. The lowest BCUT2D eigenvalue weighted by Crippen LogP contribution is -2.36. The Balaban J connectivity index is 2.31. The molecule has 0 bridgehead atoms. The van der Waals surface area contributed by atoms with Crippen molar-refractivity contribution < 1.29 is 0 Å². The van der Waals surface area contributed by atoms with Gasteiger partial charge in [0.05, 0.1) is 0 Å². The Kier molecular flexibility index (Phi) is 6.27. The van der Waals surface area contributed by atoms with Crippen LogP contribution in [0, 0.1) is 0 Å². The van der Waals surface area contributed by atoms with Crippen molar-refractivity contribution in [1.29, 1.82) is 0 Å². The molecule has 1 fully saturated rings. The fourth-order valence-corrected chi connectivity index (χ4v) is 3.25. The van der Waals surface area contributed by atoms with Crippen molar-refractivity contribution in [2.45, 2.75) is 71.8 Å². The van der Waals surface area contributed by atoms with Gasteiger partial charge in [-0.3, -0.25) is 0 Å². The number of nitrogens with one attached hydrogen (secondary N) is 1. The summed E-state index contributed by atoms with van der Waals surface area (Å²) < 4.78 is 0. The third-order valence-corrected chi connectivity index (χ3v) is 4.44. The van der Waals surface area contributed by atoms with Crippen molar-refractivity contribution in [3.05, 3.63) is 11.9 Å². The molecule has 0 spiro atoms. The summed E-state index contributed by atoms with van der Waals surface area (Å²) in [5.74, 6) is 2.20. The van der Waals surface area contributed by atoms with Crippen LogP contribution in [0.5, 0.6) is 0 Å². The average molecular weight is 290 g/mol. The Morgan fingerprint density at radius 1 is 1.19 bits per heavy atom. The Labute approximate surface area is 129 Å². The summed E-state index contributed by atoms with van der Waals surface area (Å²) in [4.78, 5) is 11.7. The van der Waals surface area contributed by atoms with E-state index in [9.17, 15) is 0 Å². The van der Waals surface area contributed by atoms with E-state index in [1.165, 1.54) is 43.5 Å². The van der Waals surface area contributed by atoms with Crippen LogP contribution in [0.25, 0.3) is 0 Å². The van der Waals surface area contributed by atoms with E-state index in [0.29, 0.717) is 6.04 Å². The molecule has 2 rings (SSSR count). The van der Waals surface area contributed by atoms with Gasteiger partial charge in [0.2, 0.25) is 0 Å². The van der Waals surface area contributed by atoms with Gasteiger partial charge in [-0.2, -0.15) is 0 Å². The number of hydrogen-bond acceptors (Lipinski definition) is 4. The van der Waals surface area contributed by atoms with Gasteiger partial charge in [0.15, 0.2) is 0 Å². The highest BCUT2D eigenvalue weighted by atomic mass is 15.2. The Morgan fingerprint density at radius 2 is 2.05 bits per heavy atom. The molecule has 2 heterocycles. The lowest BCUT2D eigenvalue weighted by molar-refractivity contribution is 0.550. The third kappa shape index (κ3) is 3.86. The Hall–Kier alpha value is -1.32. The molecule has 4 nitrogen and oxygen atoms in total. The van der Waals surface area contributed by atoms with E-state index < -0.39 is 0 Å². The second-order valence-corrected chi connectivity index (χ2v) is 5.91. The van der Waals surface area contributed by atoms with Gasteiger partial charge < -0.3 is 10.2 Å². The molecule has 1 unspecified atom stereocenters. The fraction of sp³-hybridized carbons (Fsp3) is 0.765. The number of aromatic nitrogens is 2. The zero-order valence-electron chi connectivity index (χ0n) is 13.9. The molecule has 21 heavy (non-hydrogen) atoms. The van der Waals surface area contributed by atoms with Crippen molar-refractivity contribution in [2.24, 2.45) is 0 Å². The zero-order valence-corrected chi connectivity index (χ0v) is 13.9. The van der Waals surface area contributed by atoms with Gasteiger partial charge in [-0.15, -0.1) is 0 Å². The highest BCUT2D eigenvalue weighted by Gasteiger charge is 2.24. The maximum atomic E-state index is 4.66. The second-order valence-electron chi connectivity index (χ2n) is 5.91. The highest BCUT2D eigenvalue weighted by Crippen LogP contribution is 2.30. The van der Waals surface area contributed by atoms with Crippen LogP contribution in [0.2, 0.25) is 0 Å². The summed E-state index contributed by atoms with van der Waals surface area (Å²) in [6.07, 6.45) is 10.3. The number of hydrogen-bond donors (Lipinski definition) is 1. The Morgan fingerprint density at radius 3 is 2.76 bits per heavy atom. The molecule has 0 amide bonds. The number of rotatable bonds is 6. The molecule has 118 valence electrons. The summed E-state index contributed by atoms with van der Waals surface area (Å²) in [5, 5.41) is 3.46. The molecule has 1 aliphatic heterocycles. The molecule has 0 radical (unpaired) electrons. The van der Waals surface area contributed by atoms with Crippen LogP contribution < -0.4 is 10.2 Å². The molecular weight excluding hydrogens is 260 g/mol. The van der Waals surface area contributed by atoms with Crippen LogP contribution in [0.15, 0.2) is 6.33 Å². The molecule has 0 aromatic carbocycles. The first-order valence-corrected chi connectivity index (χ1v) is 8.66. The molecule has 4 heteroatoms. The number of anilines is 2. The van der Waals surface area contributed by atoms with E-state index in [0.717, 1.165) is 31.7 Å².